The molecule has 0 fully saturated rings. The van der Waals surface area contributed by atoms with Crippen LogP contribution in [0.25, 0.3) is 120 Å². The first-order valence-corrected chi connectivity index (χ1v) is 21.4. The van der Waals surface area contributed by atoms with Crippen LogP contribution < -0.4 is 0 Å². The number of hydrogen-bond donors (Lipinski definition) is 0. The Bertz CT molecular complexity index is 3570. The highest BCUT2D eigenvalue weighted by Crippen LogP contribution is 2.48. The lowest BCUT2D eigenvalue weighted by atomic mass is 9.82. The van der Waals surface area contributed by atoms with Crippen molar-refractivity contribution < 1.29 is 0 Å². The Kier molecular flexibility index (Phi) is 8.36. The molecule has 0 aliphatic carbocycles. The molecule has 12 rings (SSSR count). The van der Waals surface area contributed by atoms with Crippen molar-refractivity contribution in [3.05, 3.63) is 212 Å². The summed E-state index contributed by atoms with van der Waals surface area (Å²) in [6.45, 7) is 0. The number of fused-ring (bicyclic) bond motifs is 6. The first-order valence-electron chi connectivity index (χ1n) is 20.6. The molecular weight excluding hydrogens is 759 g/mol. The lowest BCUT2D eigenvalue weighted by molar-refractivity contribution is 1.08. The van der Waals surface area contributed by atoms with Gasteiger partial charge < -0.3 is 0 Å². The van der Waals surface area contributed by atoms with Gasteiger partial charge in [-0.25, -0.2) is 15.0 Å². The highest BCUT2D eigenvalue weighted by Gasteiger charge is 2.22. The fourth-order valence-corrected chi connectivity index (χ4v) is 10.4. The summed E-state index contributed by atoms with van der Waals surface area (Å²) < 4.78 is 2.43. The Hall–Kier alpha value is -7.79. The van der Waals surface area contributed by atoms with E-state index >= 15 is 0 Å². The molecule has 61 heavy (non-hydrogen) atoms. The van der Waals surface area contributed by atoms with Gasteiger partial charge in [0.1, 0.15) is 0 Å². The minimum absolute atomic E-state index is 0.642. The normalized spacial score (nSPS) is 11.6. The molecular formula is C57H35N3S. The predicted octanol–water partition coefficient (Wildman–Crippen LogP) is 15.7. The second-order valence-electron chi connectivity index (χ2n) is 15.4. The van der Waals surface area contributed by atoms with Crippen LogP contribution in [0, 0.1) is 0 Å². The molecule has 12 aromatic rings. The number of nitrogens with zero attached hydrogens (tertiary/aromatic N) is 3. The molecule has 0 radical (unpaired) electrons. The third-order valence-electron chi connectivity index (χ3n) is 11.9. The minimum Gasteiger partial charge on any atom is -0.208 e. The summed E-state index contributed by atoms with van der Waals surface area (Å²) >= 11 is 1.79. The van der Waals surface area contributed by atoms with E-state index in [1.807, 2.05) is 18.2 Å². The van der Waals surface area contributed by atoms with Gasteiger partial charge in [-0.2, -0.15) is 0 Å². The Labute approximate surface area is 356 Å². The van der Waals surface area contributed by atoms with Crippen molar-refractivity contribution in [2.24, 2.45) is 0 Å². The number of benzene rings is 10. The molecule has 2 aromatic heterocycles. The van der Waals surface area contributed by atoms with Crippen LogP contribution in [0.3, 0.4) is 0 Å². The highest BCUT2D eigenvalue weighted by atomic mass is 32.1. The Morgan fingerprint density at radius 3 is 1.43 bits per heavy atom. The van der Waals surface area contributed by atoms with Crippen LogP contribution in [0.4, 0.5) is 0 Å². The van der Waals surface area contributed by atoms with E-state index in [1.165, 1.54) is 80.3 Å². The van der Waals surface area contributed by atoms with Gasteiger partial charge in [0.2, 0.25) is 0 Å². The van der Waals surface area contributed by atoms with Crippen LogP contribution in [-0.2, 0) is 0 Å². The van der Waals surface area contributed by atoms with Gasteiger partial charge in [0.05, 0.1) is 0 Å². The number of aromatic nitrogens is 3. The van der Waals surface area contributed by atoms with Gasteiger partial charge in [-0.3, -0.25) is 0 Å². The largest absolute Gasteiger partial charge is 0.208 e. The first-order chi connectivity index (χ1) is 30.3. The summed E-state index contributed by atoms with van der Waals surface area (Å²) in [5.74, 6) is 1.96. The van der Waals surface area contributed by atoms with E-state index in [0.29, 0.717) is 17.5 Å². The zero-order valence-electron chi connectivity index (χ0n) is 33.0. The Morgan fingerprint density at radius 2 is 0.754 bits per heavy atom. The summed E-state index contributed by atoms with van der Waals surface area (Å²) in [5.41, 5.74) is 10.2. The maximum atomic E-state index is 5.21. The molecule has 0 N–H and O–H groups in total. The maximum absolute atomic E-state index is 5.21. The Morgan fingerprint density at radius 1 is 0.262 bits per heavy atom. The smallest absolute Gasteiger partial charge is 0.165 e. The third-order valence-corrected chi connectivity index (χ3v) is 13.2. The molecule has 0 atom stereocenters. The van der Waals surface area contributed by atoms with Gasteiger partial charge in [-0.1, -0.05) is 200 Å². The van der Waals surface area contributed by atoms with Gasteiger partial charge in [-0.05, 0) is 77.8 Å². The topological polar surface area (TPSA) is 38.7 Å². The van der Waals surface area contributed by atoms with Gasteiger partial charge in [0.15, 0.2) is 17.5 Å². The second-order valence-corrected chi connectivity index (χ2v) is 16.5. The lowest BCUT2D eigenvalue weighted by Gasteiger charge is -2.21. The summed E-state index contributed by atoms with van der Waals surface area (Å²) in [6, 6.07) is 75.9. The van der Waals surface area contributed by atoms with E-state index < -0.39 is 0 Å². The molecule has 284 valence electrons. The quantitative estimate of drug-likeness (QED) is 0.157. The maximum Gasteiger partial charge on any atom is 0.165 e. The van der Waals surface area contributed by atoms with E-state index in [4.69, 9.17) is 15.0 Å². The van der Waals surface area contributed by atoms with Crippen molar-refractivity contribution in [3.8, 4) is 67.5 Å². The summed E-state index contributed by atoms with van der Waals surface area (Å²) in [5, 5.41) is 9.79. The lowest BCUT2D eigenvalue weighted by Crippen LogP contribution is -2.00. The van der Waals surface area contributed by atoms with Crippen molar-refractivity contribution in [2.75, 3.05) is 0 Å². The number of rotatable bonds is 6. The second kappa shape index (κ2) is 14.5. The molecule has 4 heteroatoms. The van der Waals surface area contributed by atoms with E-state index in [0.717, 1.165) is 22.3 Å². The monoisotopic (exact) mass is 793 g/mol. The summed E-state index contributed by atoms with van der Waals surface area (Å²) in [4.78, 5) is 15.4. The van der Waals surface area contributed by atoms with Crippen molar-refractivity contribution >= 4 is 63.8 Å². The molecule has 2 heterocycles. The zero-order chi connectivity index (χ0) is 40.3. The van der Waals surface area contributed by atoms with Crippen molar-refractivity contribution in [3.63, 3.8) is 0 Å². The molecule has 0 aliphatic heterocycles. The van der Waals surface area contributed by atoms with Gasteiger partial charge in [-0.15, -0.1) is 11.3 Å². The van der Waals surface area contributed by atoms with Crippen LogP contribution in [0.15, 0.2) is 212 Å². The van der Waals surface area contributed by atoms with E-state index in [-0.39, 0.29) is 0 Å². The minimum atomic E-state index is 0.642. The number of hydrogen-bond acceptors (Lipinski definition) is 4. The van der Waals surface area contributed by atoms with E-state index in [1.54, 1.807) is 11.3 Å². The SMILES string of the molecule is c1ccc(-c2nc(-c3ccc(-c4c5ccccc5c(-c5c(-c6ccccc6)ccc6ccccc56)c5ccccc45)cc3)nc(-c3cccc4c3sc3ccccc34)n2)cc1. The van der Waals surface area contributed by atoms with Gasteiger partial charge >= 0.3 is 0 Å². The zero-order valence-corrected chi connectivity index (χ0v) is 33.8. The average Bonchev–Trinajstić information content (AvgIpc) is 3.72. The van der Waals surface area contributed by atoms with Gasteiger partial charge in [0, 0.05) is 36.9 Å². The van der Waals surface area contributed by atoms with Gasteiger partial charge in [0.25, 0.3) is 0 Å². The standard InChI is InChI=1S/C57H35N3S/c1-3-16-36(17-4-1)42-35-34-37-18-7-8-21-41(37)52(42)53-46-25-11-9-23-44(46)51(45-24-10-12-26-47(45)53)38-30-32-40(33-31-38)56-58-55(39-19-5-2-6-20-39)59-57(60-56)49-28-15-27-48-43-22-13-14-29-50(43)61-54(48)49/h1-35H. The molecule has 10 aromatic carbocycles. The molecule has 0 saturated carbocycles. The molecule has 0 bridgehead atoms. The van der Waals surface area contributed by atoms with Crippen LogP contribution in [-0.4, -0.2) is 15.0 Å². The van der Waals surface area contributed by atoms with Crippen molar-refractivity contribution in [1.82, 2.24) is 15.0 Å². The predicted molar refractivity (Wildman–Crippen MR) is 258 cm³/mol. The molecule has 0 aliphatic rings. The first kappa shape index (κ1) is 35.2. The summed E-state index contributed by atoms with van der Waals surface area (Å²) in [7, 11) is 0. The van der Waals surface area contributed by atoms with Crippen LogP contribution in [0.5, 0.6) is 0 Å². The van der Waals surface area contributed by atoms with Crippen LogP contribution in [0.1, 0.15) is 0 Å². The molecule has 0 unspecified atom stereocenters. The molecule has 0 amide bonds. The highest BCUT2D eigenvalue weighted by molar-refractivity contribution is 7.26. The number of thiophene rings is 1. The van der Waals surface area contributed by atoms with E-state index in [2.05, 4.69) is 194 Å². The van der Waals surface area contributed by atoms with Crippen molar-refractivity contribution in [1.29, 1.82) is 0 Å². The fraction of sp³-hybridized carbons (Fsp3) is 0. The van der Waals surface area contributed by atoms with Crippen LogP contribution >= 0.6 is 11.3 Å². The molecule has 0 saturated heterocycles. The van der Waals surface area contributed by atoms with Crippen molar-refractivity contribution in [2.45, 2.75) is 0 Å². The molecule has 0 spiro atoms. The van der Waals surface area contributed by atoms with E-state index in [9.17, 15) is 0 Å². The fourth-order valence-electron chi connectivity index (χ4n) is 9.16. The average molecular weight is 794 g/mol. The van der Waals surface area contributed by atoms with Crippen LogP contribution in [0.2, 0.25) is 0 Å². The third kappa shape index (κ3) is 5.91. The Balaban J connectivity index is 1.05. The summed E-state index contributed by atoms with van der Waals surface area (Å²) in [6.07, 6.45) is 0. The molecule has 3 nitrogen and oxygen atoms in total.